The van der Waals surface area contributed by atoms with Gasteiger partial charge in [0, 0.05) is 29.0 Å². The molecule has 3 heterocycles. The molecule has 4 aromatic rings. The average molecular weight is 692 g/mol. The smallest absolute Gasteiger partial charge is 0.339 e. The molecule has 0 radical (unpaired) electrons. The van der Waals surface area contributed by atoms with Gasteiger partial charge in [0.15, 0.2) is 5.13 Å². The number of likely N-dealkylation sites (tertiary alicyclic amines) is 1. The number of nitrogens with one attached hydrogen (secondary N) is 2. The van der Waals surface area contributed by atoms with Crippen molar-refractivity contribution in [2.45, 2.75) is 51.0 Å². The van der Waals surface area contributed by atoms with E-state index in [-0.39, 0.29) is 23.2 Å². The third-order valence-corrected chi connectivity index (χ3v) is 10.6. The van der Waals surface area contributed by atoms with Gasteiger partial charge in [-0.15, -0.1) is 11.3 Å². The molecule has 244 valence electrons. The number of carbonyl (C=O) groups excluding carboxylic acids is 3. The Kier molecular flexibility index (Phi) is 9.21. The summed E-state index contributed by atoms with van der Waals surface area (Å²) in [7, 11) is -5.78. The van der Waals surface area contributed by atoms with Gasteiger partial charge < -0.3 is 31.1 Å². The number of aromatic nitrogens is 1. The lowest BCUT2D eigenvalue weighted by Crippen LogP contribution is -2.57. The molecule has 2 aromatic carbocycles. The maximum absolute atomic E-state index is 14.3. The van der Waals surface area contributed by atoms with Gasteiger partial charge in [-0.2, -0.15) is 8.78 Å². The predicted octanol–water partition coefficient (Wildman–Crippen LogP) is 4.96. The minimum atomic E-state index is -5.78. The van der Waals surface area contributed by atoms with Gasteiger partial charge in [-0.1, -0.05) is 68.5 Å². The topological polar surface area (TPSA) is 175 Å². The van der Waals surface area contributed by atoms with Crippen LogP contribution in [0.15, 0.2) is 60.8 Å². The second-order valence-electron chi connectivity index (χ2n) is 12.1. The highest BCUT2D eigenvalue weighted by atomic mass is 32.1. The molecule has 1 saturated heterocycles. The van der Waals surface area contributed by atoms with Gasteiger partial charge in [-0.05, 0) is 41.0 Å². The van der Waals surface area contributed by atoms with E-state index in [2.05, 4.69) is 15.6 Å². The first-order chi connectivity index (χ1) is 21.5. The number of rotatable bonds is 8. The van der Waals surface area contributed by atoms with Crippen LogP contribution in [0.3, 0.4) is 0 Å². The molecule has 6 N–H and O–H groups in total. The Bertz CT molecular complexity index is 1840. The summed E-state index contributed by atoms with van der Waals surface area (Å²) in [4.78, 5) is 65.6. The molecule has 0 saturated carbocycles. The van der Waals surface area contributed by atoms with E-state index >= 15 is 0 Å². The Balaban J connectivity index is 1.34. The van der Waals surface area contributed by atoms with Crippen LogP contribution < -0.4 is 16.4 Å². The molecular formula is C30H32F2N5O6PS2. The number of thiophene rings is 1. The van der Waals surface area contributed by atoms with Crippen molar-refractivity contribution in [2.24, 2.45) is 11.1 Å². The van der Waals surface area contributed by atoms with E-state index in [9.17, 15) is 27.7 Å². The van der Waals surface area contributed by atoms with E-state index in [1.54, 1.807) is 27.0 Å². The van der Waals surface area contributed by atoms with Crippen LogP contribution in [0.5, 0.6) is 0 Å². The van der Waals surface area contributed by atoms with Crippen molar-refractivity contribution in [1.29, 1.82) is 0 Å². The standard InChI is InChI=1S/C30H32F2N5O6PS2/c1-29(2,3)24(35-26(39)22-12-17-11-18(9-10-21(17)45-22)30(31,32)44(41,42)43)27(40)37-15-19(33)13-20(37)25(38)36-28-34-14-23(46-28)16-7-5-4-6-8-16/h4-12,14,19-20,24H,13,15,33H2,1-3H3,(H,35,39)(H,34,36,38)(H2,41,42,43)/t19-,20+,24-/m1/s1. The summed E-state index contributed by atoms with van der Waals surface area (Å²) in [6, 6.07) is 11.5. The van der Waals surface area contributed by atoms with Crippen molar-refractivity contribution in [3.8, 4) is 10.4 Å². The number of nitrogens with two attached hydrogens (primary N) is 1. The van der Waals surface area contributed by atoms with Gasteiger partial charge in [0.25, 0.3) is 5.91 Å². The Morgan fingerprint density at radius 2 is 1.78 bits per heavy atom. The minimum absolute atomic E-state index is 0.0892. The number of benzene rings is 2. The van der Waals surface area contributed by atoms with Gasteiger partial charge in [-0.3, -0.25) is 18.9 Å². The number of alkyl halides is 2. The summed E-state index contributed by atoms with van der Waals surface area (Å²) in [5.74, 6) is -1.62. The quantitative estimate of drug-likeness (QED) is 0.161. The fourth-order valence-electron chi connectivity index (χ4n) is 5.14. The van der Waals surface area contributed by atoms with Crippen LogP contribution in [-0.4, -0.2) is 62.1 Å². The van der Waals surface area contributed by atoms with Crippen molar-refractivity contribution in [3.63, 3.8) is 0 Å². The molecule has 0 spiro atoms. The zero-order valence-electron chi connectivity index (χ0n) is 24.9. The van der Waals surface area contributed by atoms with Crippen LogP contribution in [0.1, 0.15) is 42.4 Å². The molecule has 46 heavy (non-hydrogen) atoms. The van der Waals surface area contributed by atoms with E-state index < -0.39 is 60.1 Å². The van der Waals surface area contributed by atoms with Crippen LogP contribution in [0.4, 0.5) is 13.9 Å². The molecule has 0 bridgehead atoms. The number of fused-ring (bicyclic) bond motifs is 1. The molecule has 0 aliphatic carbocycles. The SMILES string of the molecule is CC(C)(C)[C@H](NC(=O)c1cc2cc(C(F)(F)P(=O)(O)O)ccc2s1)C(=O)N1C[C@H](N)C[C@H]1C(=O)Nc1ncc(-c2ccccc2)s1. The van der Waals surface area contributed by atoms with Crippen molar-refractivity contribution in [1.82, 2.24) is 15.2 Å². The molecular weight excluding hydrogens is 659 g/mol. The zero-order valence-corrected chi connectivity index (χ0v) is 27.5. The van der Waals surface area contributed by atoms with Crippen LogP contribution in [0.2, 0.25) is 0 Å². The molecule has 1 aliphatic rings. The highest BCUT2D eigenvalue weighted by Crippen LogP contribution is 2.59. The summed E-state index contributed by atoms with van der Waals surface area (Å²) in [6.07, 6.45) is 1.86. The largest absolute Gasteiger partial charge is 0.399 e. The first-order valence-corrected chi connectivity index (χ1v) is 17.4. The van der Waals surface area contributed by atoms with Crippen LogP contribution in [0, 0.1) is 5.41 Å². The number of amides is 3. The molecule has 11 nitrogen and oxygen atoms in total. The normalized spacial score (nSPS) is 18.0. The van der Waals surface area contributed by atoms with E-state index in [1.165, 1.54) is 28.4 Å². The molecule has 3 amide bonds. The number of carbonyl (C=O) groups is 3. The third kappa shape index (κ3) is 6.89. The van der Waals surface area contributed by atoms with Gasteiger partial charge in [0.2, 0.25) is 11.8 Å². The first kappa shape index (κ1) is 33.8. The number of hydrogen-bond donors (Lipinski definition) is 5. The van der Waals surface area contributed by atoms with Crippen LogP contribution >= 0.6 is 30.3 Å². The van der Waals surface area contributed by atoms with Crippen LogP contribution in [0.25, 0.3) is 20.5 Å². The monoisotopic (exact) mass is 691 g/mol. The Morgan fingerprint density at radius 1 is 1.09 bits per heavy atom. The lowest BCUT2D eigenvalue weighted by atomic mass is 9.85. The van der Waals surface area contributed by atoms with E-state index in [1.807, 2.05) is 30.3 Å². The van der Waals surface area contributed by atoms with Gasteiger partial charge in [-0.25, -0.2) is 4.98 Å². The number of hydrogen-bond acceptors (Lipinski definition) is 8. The number of halogens is 2. The van der Waals surface area contributed by atoms with Gasteiger partial charge >= 0.3 is 13.3 Å². The van der Waals surface area contributed by atoms with Gasteiger partial charge in [0.05, 0.1) is 9.75 Å². The maximum atomic E-state index is 14.3. The summed E-state index contributed by atoms with van der Waals surface area (Å²) < 4.78 is 40.3. The fraction of sp³-hybridized carbons (Fsp3) is 0.333. The second kappa shape index (κ2) is 12.5. The summed E-state index contributed by atoms with van der Waals surface area (Å²) in [5, 5.41) is 6.09. The predicted molar refractivity (Wildman–Crippen MR) is 173 cm³/mol. The molecule has 16 heteroatoms. The first-order valence-electron chi connectivity index (χ1n) is 14.1. The maximum Gasteiger partial charge on any atom is 0.399 e. The third-order valence-electron chi connectivity index (χ3n) is 7.55. The lowest BCUT2D eigenvalue weighted by Gasteiger charge is -2.35. The van der Waals surface area contributed by atoms with Crippen molar-refractivity contribution in [2.75, 3.05) is 11.9 Å². The van der Waals surface area contributed by atoms with E-state index in [0.29, 0.717) is 9.83 Å². The molecule has 5 rings (SSSR count). The van der Waals surface area contributed by atoms with E-state index in [0.717, 1.165) is 33.9 Å². The lowest BCUT2D eigenvalue weighted by molar-refractivity contribution is -0.140. The molecule has 3 atom stereocenters. The highest BCUT2D eigenvalue weighted by molar-refractivity contribution is 7.52. The molecule has 0 unspecified atom stereocenters. The molecule has 2 aromatic heterocycles. The average Bonchev–Trinajstić information content (AvgIpc) is 3.72. The zero-order chi connectivity index (χ0) is 33.6. The summed E-state index contributed by atoms with van der Waals surface area (Å²) in [5.41, 5.74) is 1.05. The Morgan fingerprint density at radius 3 is 2.43 bits per heavy atom. The number of thiazole rings is 1. The summed E-state index contributed by atoms with van der Waals surface area (Å²) in [6.45, 7) is 5.35. The highest BCUT2D eigenvalue weighted by Gasteiger charge is 2.50. The van der Waals surface area contributed by atoms with Crippen molar-refractivity contribution >= 4 is 63.2 Å². The fourth-order valence-corrected chi connectivity index (χ4v) is 7.39. The Hall–Kier alpha value is -3.59. The molecule has 1 aliphatic heterocycles. The second-order valence-corrected chi connectivity index (χ2v) is 15.9. The Labute approximate surface area is 271 Å². The van der Waals surface area contributed by atoms with Crippen molar-refractivity contribution < 1.29 is 37.5 Å². The van der Waals surface area contributed by atoms with Crippen molar-refractivity contribution in [3.05, 3.63) is 71.2 Å². The summed E-state index contributed by atoms with van der Waals surface area (Å²) >= 11 is 2.26. The van der Waals surface area contributed by atoms with E-state index in [4.69, 9.17) is 15.5 Å². The minimum Gasteiger partial charge on any atom is -0.339 e. The van der Waals surface area contributed by atoms with Crippen LogP contribution in [-0.2, 0) is 19.8 Å². The van der Waals surface area contributed by atoms with Gasteiger partial charge in [0.1, 0.15) is 12.1 Å². The number of nitrogens with zero attached hydrogens (tertiary/aromatic N) is 2. The molecule has 1 fully saturated rings. The number of anilines is 1.